The molecule has 3 aliphatic rings. The van der Waals surface area contributed by atoms with Gasteiger partial charge in [-0.15, -0.1) is 0 Å². The minimum atomic E-state index is -3.30. The Bertz CT molecular complexity index is 1640. The second kappa shape index (κ2) is 8.38. The number of rotatable bonds is 6. The van der Waals surface area contributed by atoms with Gasteiger partial charge in [-0.05, 0) is 56.2 Å². The standard InChI is InChI=1S/C29H26N2O6S/c1-28-13-14-29(37-28,15-16-36-19-8-10-20(11-9-19)38(2,34)35)25-24(28)26(32)31(27(25)33)23-12-7-18(17-30)21-5-3-4-6-22(21)23/h3-12,24-25H,13-16H2,1-2H3/t24-,25+,28-,29-/m1/s1. The van der Waals surface area contributed by atoms with Crippen molar-refractivity contribution in [1.82, 2.24) is 0 Å². The first kappa shape index (κ1) is 24.6. The molecule has 0 spiro atoms. The highest BCUT2D eigenvalue weighted by atomic mass is 32.2. The largest absolute Gasteiger partial charge is 0.493 e. The van der Waals surface area contributed by atoms with E-state index < -0.39 is 32.9 Å². The van der Waals surface area contributed by atoms with Crippen LogP contribution in [0.3, 0.4) is 0 Å². The lowest BCUT2D eigenvalue weighted by Gasteiger charge is -2.31. The molecule has 2 amide bonds. The average molecular weight is 531 g/mol. The van der Waals surface area contributed by atoms with Crippen LogP contribution in [-0.4, -0.2) is 44.3 Å². The van der Waals surface area contributed by atoms with Gasteiger partial charge in [0.15, 0.2) is 9.84 Å². The summed E-state index contributed by atoms with van der Waals surface area (Å²) in [6.45, 7) is 2.16. The molecule has 0 aliphatic carbocycles. The van der Waals surface area contributed by atoms with E-state index in [1.165, 1.54) is 17.0 Å². The molecule has 0 N–H and O–H groups in total. The lowest BCUT2D eigenvalue weighted by Crippen LogP contribution is -2.43. The second-order valence-corrected chi connectivity index (χ2v) is 12.6. The SMILES string of the molecule is C[C@]12CC[C@](CCOc3ccc(S(C)(=O)=O)cc3)(O1)[C@@H]1C(=O)N(c3ccc(C#N)c4ccccc34)C(=O)[C@@H]12. The number of ether oxygens (including phenoxy) is 2. The molecule has 8 nitrogen and oxygen atoms in total. The Morgan fingerprint density at radius 2 is 1.68 bits per heavy atom. The molecule has 6 rings (SSSR count). The highest BCUT2D eigenvalue weighted by molar-refractivity contribution is 7.90. The van der Waals surface area contributed by atoms with Crippen molar-refractivity contribution in [3.63, 3.8) is 0 Å². The second-order valence-electron chi connectivity index (χ2n) is 10.6. The Hall–Kier alpha value is -3.74. The monoisotopic (exact) mass is 530 g/mol. The summed E-state index contributed by atoms with van der Waals surface area (Å²) in [6, 6.07) is 19.0. The van der Waals surface area contributed by atoms with E-state index in [9.17, 15) is 23.3 Å². The van der Waals surface area contributed by atoms with Gasteiger partial charge in [-0.1, -0.05) is 24.3 Å². The summed E-state index contributed by atoms with van der Waals surface area (Å²) in [5.41, 5.74) is -0.594. The fourth-order valence-electron chi connectivity index (χ4n) is 6.55. The molecule has 0 unspecified atom stereocenters. The molecule has 3 aromatic rings. The molecule has 3 fully saturated rings. The van der Waals surface area contributed by atoms with Gasteiger partial charge in [0, 0.05) is 23.4 Å². The maximum absolute atomic E-state index is 14.0. The topological polar surface area (TPSA) is 114 Å². The van der Waals surface area contributed by atoms with Gasteiger partial charge in [-0.3, -0.25) is 9.59 Å². The number of nitrogens with zero attached hydrogens (tertiary/aromatic N) is 2. The summed E-state index contributed by atoms with van der Waals surface area (Å²) >= 11 is 0. The van der Waals surface area contributed by atoms with Crippen molar-refractivity contribution in [3.05, 3.63) is 66.2 Å². The van der Waals surface area contributed by atoms with Crippen LogP contribution in [0.15, 0.2) is 65.6 Å². The first-order valence-electron chi connectivity index (χ1n) is 12.5. The van der Waals surface area contributed by atoms with Crippen LogP contribution in [0.4, 0.5) is 5.69 Å². The quantitative estimate of drug-likeness (QED) is 0.443. The number of nitriles is 1. The molecule has 0 saturated carbocycles. The van der Waals surface area contributed by atoms with Crippen molar-refractivity contribution in [2.75, 3.05) is 17.8 Å². The predicted molar refractivity (Wildman–Crippen MR) is 139 cm³/mol. The van der Waals surface area contributed by atoms with Crippen molar-refractivity contribution >= 4 is 38.1 Å². The summed E-state index contributed by atoms with van der Waals surface area (Å²) in [6.07, 6.45) is 2.87. The molecule has 2 bridgehead atoms. The number of carbonyl (C=O) groups is 2. The highest BCUT2D eigenvalue weighted by Crippen LogP contribution is 2.62. The van der Waals surface area contributed by atoms with Crippen LogP contribution < -0.4 is 9.64 Å². The van der Waals surface area contributed by atoms with Gasteiger partial charge in [0.1, 0.15) is 5.75 Å². The highest BCUT2D eigenvalue weighted by Gasteiger charge is 2.73. The van der Waals surface area contributed by atoms with E-state index in [1.807, 2.05) is 31.2 Å². The number of amides is 2. The van der Waals surface area contributed by atoms with Crippen LogP contribution in [0.1, 0.15) is 31.7 Å². The minimum Gasteiger partial charge on any atom is -0.493 e. The van der Waals surface area contributed by atoms with Crippen molar-refractivity contribution in [3.8, 4) is 11.8 Å². The van der Waals surface area contributed by atoms with Crippen LogP contribution in [0.2, 0.25) is 0 Å². The molecular weight excluding hydrogens is 504 g/mol. The normalized spacial score (nSPS) is 28.1. The van der Waals surface area contributed by atoms with E-state index in [-0.39, 0.29) is 23.3 Å². The third-order valence-corrected chi connectivity index (χ3v) is 9.45. The number of hydrogen-bond acceptors (Lipinski definition) is 7. The van der Waals surface area contributed by atoms with Gasteiger partial charge in [0.25, 0.3) is 0 Å². The zero-order chi connectivity index (χ0) is 26.9. The van der Waals surface area contributed by atoms with Crippen LogP contribution in [0.25, 0.3) is 10.8 Å². The third-order valence-electron chi connectivity index (χ3n) is 8.32. The zero-order valence-corrected chi connectivity index (χ0v) is 21.8. The van der Waals surface area contributed by atoms with E-state index in [0.717, 1.165) is 6.26 Å². The summed E-state index contributed by atoms with van der Waals surface area (Å²) < 4.78 is 35.8. The Labute approximate surface area is 220 Å². The lowest BCUT2D eigenvalue weighted by atomic mass is 9.67. The van der Waals surface area contributed by atoms with Crippen molar-refractivity contribution < 1.29 is 27.5 Å². The first-order valence-corrected chi connectivity index (χ1v) is 14.4. The van der Waals surface area contributed by atoms with Gasteiger partial charge in [-0.2, -0.15) is 5.26 Å². The molecule has 3 aliphatic heterocycles. The van der Waals surface area contributed by atoms with Crippen molar-refractivity contribution in [2.24, 2.45) is 11.8 Å². The molecule has 4 atom stereocenters. The Morgan fingerprint density at radius 3 is 2.37 bits per heavy atom. The fourth-order valence-corrected chi connectivity index (χ4v) is 7.18. The number of carbonyl (C=O) groups excluding carboxylic acids is 2. The Morgan fingerprint density at radius 1 is 1.00 bits per heavy atom. The summed E-state index contributed by atoms with van der Waals surface area (Å²) in [4.78, 5) is 29.3. The first-order chi connectivity index (χ1) is 18.1. The Kier molecular flexibility index (Phi) is 5.42. The third kappa shape index (κ3) is 3.55. The maximum atomic E-state index is 14.0. The van der Waals surface area contributed by atoms with Crippen LogP contribution in [0.5, 0.6) is 5.75 Å². The number of sulfone groups is 1. The number of benzene rings is 3. The summed E-state index contributed by atoms with van der Waals surface area (Å²) in [5, 5.41) is 10.9. The molecule has 3 saturated heterocycles. The van der Waals surface area contributed by atoms with Gasteiger partial charge in [-0.25, -0.2) is 13.3 Å². The van der Waals surface area contributed by atoms with Gasteiger partial charge >= 0.3 is 0 Å². The molecular formula is C29H26N2O6S. The van der Waals surface area contributed by atoms with E-state index >= 15 is 0 Å². The molecule has 194 valence electrons. The van der Waals surface area contributed by atoms with E-state index in [0.29, 0.717) is 47.0 Å². The molecule has 0 radical (unpaired) electrons. The number of imide groups is 1. The summed E-state index contributed by atoms with van der Waals surface area (Å²) in [5.74, 6) is -1.25. The number of fused-ring (bicyclic) bond motifs is 6. The van der Waals surface area contributed by atoms with Crippen molar-refractivity contribution in [2.45, 2.75) is 42.3 Å². The number of anilines is 1. The summed E-state index contributed by atoms with van der Waals surface area (Å²) in [7, 11) is -3.30. The smallest absolute Gasteiger partial charge is 0.240 e. The maximum Gasteiger partial charge on any atom is 0.240 e. The zero-order valence-electron chi connectivity index (χ0n) is 21.0. The van der Waals surface area contributed by atoms with E-state index in [4.69, 9.17) is 9.47 Å². The average Bonchev–Trinajstić information content (AvgIpc) is 3.47. The van der Waals surface area contributed by atoms with Crippen molar-refractivity contribution in [1.29, 1.82) is 5.26 Å². The van der Waals surface area contributed by atoms with Crippen LogP contribution >= 0.6 is 0 Å². The molecule has 0 aromatic heterocycles. The van der Waals surface area contributed by atoms with Gasteiger partial charge < -0.3 is 9.47 Å². The number of hydrogen-bond donors (Lipinski definition) is 0. The van der Waals surface area contributed by atoms with E-state index in [1.54, 1.807) is 24.3 Å². The lowest BCUT2D eigenvalue weighted by molar-refractivity contribution is -0.131. The minimum absolute atomic E-state index is 0.211. The predicted octanol–water partition coefficient (Wildman–Crippen LogP) is 4.01. The molecule has 38 heavy (non-hydrogen) atoms. The molecule has 9 heteroatoms. The molecule has 3 aromatic carbocycles. The molecule has 3 heterocycles. The van der Waals surface area contributed by atoms with Crippen LogP contribution in [-0.2, 0) is 24.2 Å². The fraction of sp³-hybridized carbons (Fsp3) is 0.345. The van der Waals surface area contributed by atoms with Gasteiger partial charge in [0.2, 0.25) is 11.8 Å². The van der Waals surface area contributed by atoms with Crippen LogP contribution in [0, 0.1) is 23.2 Å². The van der Waals surface area contributed by atoms with Gasteiger partial charge in [0.05, 0.1) is 51.9 Å². The Balaban J connectivity index is 1.28. The van der Waals surface area contributed by atoms with E-state index in [2.05, 4.69) is 6.07 Å².